The SMILES string of the molecule is COc1ccc(C)cc1NC(=O)C1CCC(C(=O)Nc2ccc(C)cc2C)CC1. The molecule has 0 bridgehead atoms. The Kier molecular flexibility index (Phi) is 6.57. The van der Waals surface area contributed by atoms with Gasteiger partial charge in [0.1, 0.15) is 5.75 Å². The lowest BCUT2D eigenvalue weighted by Crippen LogP contribution is -2.32. The van der Waals surface area contributed by atoms with Crippen molar-refractivity contribution < 1.29 is 14.3 Å². The number of hydrogen-bond acceptors (Lipinski definition) is 3. The molecule has 1 saturated carbocycles. The van der Waals surface area contributed by atoms with Crippen LogP contribution in [0.4, 0.5) is 11.4 Å². The first-order valence-electron chi connectivity index (χ1n) is 10.2. The van der Waals surface area contributed by atoms with Gasteiger partial charge in [-0.3, -0.25) is 9.59 Å². The number of carbonyl (C=O) groups is 2. The molecule has 0 atom stereocenters. The average Bonchev–Trinajstić information content (AvgIpc) is 2.70. The number of nitrogens with one attached hydrogen (secondary N) is 2. The number of anilines is 2. The van der Waals surface area contributed by atoms with Crippen LogP contribution in [0.5, 0.6) is 5.75 Å². The van der Waals surface area contributed by atoms with Crippen LogP contribution in [0.1, 0.15) is 42.4 Å². The molecule has 2 N–H and O–H groups in total. The number of ether oxygens (including phenoxy) is 1. The highest BCUT2D eigenvalue weighted by Gasteiger charge is 2.30. The average molecular weight is 395 g/mol. The van der Waals surface area contributed by atoms with Crippen LogP contribution in [0.3, 0.4) is 0 Å². The fourth-order valence-electron chi connectivity index (χ4n) is 3.96. The molecule has 1 fully saturated rings. The summed E-state index contributed by atoms with van der Waals surface area (Å²) < 4.78 is 5.34. The Morgan fingerprint density at radius 2 is 1.31 bits per heavy atom. The Hall–Kier alpha value is -2.82. The molecular weight excluding hydrogens is 364 g/mol. The maximum atomic E-state index is 12.7. The molecule has 3 rings (SSSR count). The largest absolute Gasteiger partial charge is 0.495 e. The van der Waals surface area contributed by atoms with Gasteiger partial charge in [0.15, 0.2) is 0 Å². The molecular formula is C24H30N2O3. The van der Waals surface area contributed by atoms with Gasteiger partial charge in [-0.15, -0.1) is 0 Å². The van der Waals surface area contributed by atoms with Gasteiger partial charge in [-0.2, -0.15) is 0 Å². The number of hydrogen-bond donors (Lipinski definition) is 2. The molecule has 0 aliphatic heterocycles. The molecule has 5 heteroatoms. The molecule has 0 aromatic heterocycles. The highest BCUT2D eigenvalue weighted by Crippen LogP contribution is 2.32. The van der Waals surface area contributed by atoms with Crippen molar-refractivity contribution in [2.24, 2.45) is 11.8 Å². The Morgan fingerprint density at radius 1 is 0.793 bits per heavy atom. The summed E-state index contributed by atoms with van der Waals surface area (Å²) in [6, 6.07) is 11.8. The minimum atomic E-state index is -0.0784. The molecule has 2 aromatic carbocycles. The van der Waals surface area contributed by atoms with E-state index in [9.17, 15) is 9.59 Å². The van der Waals surface area contributed by atoms with Crippen LogP contribution >= 0.6 is 0 Å². The summed E-state index contributed by atoms with van der Waals surface area (Å²) >= 11 is 0. The highest BCUT2D eigenvalue weighted by atomic mass is 16.5. The van der Waals surface area contributed by atoms with Gasteiger partial charge in [0, 0.05) is 17.5 Å². The second kappa shape index (κ2) is 9.12. The first kappa shape index (κ1) is 20.9. The van der Waals surface area contributed by atoms with E-state index in [-0.39, 0.29) is 23.7 Å². The van der Waals surface area contributed by atoms with Crippen molar-refractivity contribution in [1.29, 1.82) is 0 Å². The van der Waals surface area contributed by atoms with Gasteiger partial charge in [-0.1, -0.05) is 23.8 Å². The molecule has 1 aliphatic rings. The van der Waals surface area contributed by atoms with E-state index < -0.39 is 0 Å². The van der Waals surface area contributed by atoms with E-state index in [4.69, 9.17) is 4.74 Å². The zero-order valence-corrected chi connectivity index (χ0v) is 17.7. The van der Waals surface area contributed by atoms with Gasteiger partial charge in [-0.25, -0.2) is 0 Å². The number of aryl methyl sites for hydroxylation is 3. The van der Waals surface area contributed by atoms with E-state index >= 15 is 0 Å². The number of amides is 2. The van der Waals surface area contributed by atoms with Crippen LogP contribution in [0.15, 0.2) is 36.4 Å². The van der Waals surface area contributed by atoms with Crippen molar-refractivity contribution in [1.82, 2.24) is 0 Å². The van der Waals surface area contributed by atoms with Crippen molar-refractivity contribution in [3.8, 4) is 5.75 Å². The minimum absolute atomic E-state index is 0.00198. The normalized spacial score (nSPS) is 18.8. The third-order valence-electron chi connectivity index (χ3n) is 5.72. The van der Waals surface area contributed by atoms with E-state index in [0.717, 1.165) is 29.7 Å². The van der Waals surface area contributed by atoms with Crippen LogP contribution in [0.25, 0.3) is 0 Å². The van der Waals surface area contributed by atoms with Crippen LogP contribution in [0, 0.1) is 32.6 Å². The Morgan fingerprint density at radius 3 is 1.86 bits per heavy atom. The van der Waals surface area contributed by atoms with Crippen molar-refractivity contribution in [3.63, 3.8) is 0 Å². The number of benzene rings is 2. The Labute approximate surface area is 172 Å². The molecule has 0 radical (unpaired) electrons. The van der Waals surface area contributed by atoms with Gasteiger partial charge in [0.05, 0.1) is 12.8 Å². The second-order valence-corrected chi connectivity index (χ2v) is 8.05. The van der Waals surface area contributed by atoms with Crippen LogP contribution in [0.2, 0.25) is 0 Å². The fourth-order valence-corrected chi connectivity index (χ4v) is 3.96. The van der Waals surface area contributed by atoms with Gasteiger partial charge in [-0.05, 0) is 75.8 Å². The smallest absolute Gasteiger partial charge is 0.227 e. The van der Waals surface area contributed by atoms with E-state index in [2.05, 4.69) is 16.7 Å². The van der Waals surface area contributed by atoms with Crippen molar-refractivity contribution in [2.45, 2.75) is 46.5 Å². The summed E-state index contributed by atoms with van der Waals surface area (Å²) in [7, 11) is 1.60. The predicted molar refractivity (Wildman–Crippen MR) is 116 cm³/mol. The quantitative estimate of drug-likeness (QED) is 0.749. The lowest BCUT2D eigenvalue weighted by Gasteiger charge is -2.27. The monoisotopic (exact) mass is 394 g/mol. The summed E-state index contributed by atoms with van der Waals surface area (Å²) in [5, 5.41) is 6.06. The lowest BCUT2D eigenvalue weighted by molar-refractivity contribution is -0.125. The molecule has 2 amide bonds. The van der Waals surface area contributed by atoms with E-state index in [1.807, 2.05) is 51.1 Å². The van der Waals surface area contributed by atoms with E-state index in [1.54, 1.807) is 7.11 Å². The zero-order chi connectivity index (χ0) is 21.0. The third kappa shape index (κ3) is 5.17. The van der Waals surface area contributed by atoms with Gasteiger partial charge in [0.25, 0.3) is 0 Å². The Balaban J connectivity index is 1.55. The predicted octanol–water partition coefficient (Wildman–Crippen LogP) is 5.00. The fraction of sp³-hybridized carbons (Fsp3) is 0.417. The maximum Gasteiger partial charge on any atom is 0.227 e. The van der Waals surface area contributed by atoms with Gasteiger partial charge in [0.2, 0.25) is 11.8 Å². The molecule has 0 spiro atoms. The summed E-state index contributed by atoms with van der Waals surface area (Å²) in [5.74, 6) is 0.586. The first-order chi connectivity index (χ1) is 13.9. The molecule has 2 aromatic rings. The second-order valence-electron chi connectivity index (χ2n) is 8.05. The van der Waals surface area contributed by atoms with Crippen molar-refractivity contribution in [3.05, 3.63) is 53.1 Å². The van der Waals surface area contributed by atoms with Gasteiger partial charge >= 0.3 is 0 Å². The van der Waals surface area contributed by atoms with Crippen molar-refractivity contribution >= 4 is 23.2 Å². The molecule has 29 heavy (non-hydrogen) atoms. The Bertz CT molecular complexity index is 899. The van der Waals surface area contributed by atoms with Crippen LogP contribution in [-0.2, 0) is 9.59 Å². The standard InChI is InChI=1S/C24H30N2O3/c1-15-5-11-20(17(3)13-15)25-23(27)18-7-9-19(10-8-18)24(28)26-21-14-16(2)6-12-22(21)29-4/h5-6,11-14,18-19H,7-10H2,1-4H3,(H,25,27)(H,26,28). The van der Waals surface area contributed by atoms with Crippen LogP contribution < -0.4 is 15.4 Å². The highest BCUT2D eigenvalue weighted by molar-refractivity contribution is 5.95. The van der Waals surface area contributed by atoms with E-state index in [1.165, 1.54) is 5.56 Å². The summed E-state index contributed by atoms with van der Waals surface area (Å²) in [6.45, 7) is 6.02. The summed E-state index contributed by atoms with van der Waals surface area (Å²) in [4.78, 5) is 25.4. The maximum absolute atomic E-state index is 12.7. The third-order valence-corrected chi connectivity index (χ3v) is 5.72. The van der Waals surface area contributed by atoms with Crippen LogP contribution in [-0.4, -0.2) is 18.9 Å². The first-order valence-corrected chi connectivity index (χ1v) is 10.2. The molecule has 0 unspecified atom stereocenters. The number of methoxy groups -OCH3 is 1. The minimum Gasteiger partial charge on any atom is -0.495 e. The van der Waals surface area contributed by atoms with Gasteiger partial charge < -0.3 is 15.4 Å². The summed E-state index contributed by atoms with van der Waals surface area (Å²) in [6.07, 6.45) is 2.87. The molecule has 1 aliphatic carbocycles. The zero-order valence-electron chi connectivity index (χ0n) is 17.7. The lowest BCUT2D eigenvalue weighted by atomic mass is 9.81. The summed E-state index contributed by atoms with van der Waals surface area (Å²) in [5.41, 5.74) is 4.88. The molecule has 0 heterocycles. The topological polar surface area (TPSA) is 67.4 Å². The van der Waals surface area contributed by atoms with E-state index in [0.29, 0.717) is 24.3 Å². The molecule has 154 valence electrons. The number of rotatable bonds is 5. The number of carbonyl (C=O) groups excluding carboxylic acids is 2. The molecule has 5 nitrogen and oxygen atoms in total. The van der Waals surface area contributed by atoms with Crippen molar-refractivity contribution in [2.75, 3.05) is 17.7 Å². The molecule has 0 saturated heterocycles.